The number of piperidine rings is 1. The smallest absolute Gasteiger partial charge is 0.416 e. The number of ether oxygens (including phenoxy) is 1. The number of carbonyl (C=O) groups is 1. The fourth-order valence-electron chi connectivity index (χ4n) is 4.43. The van der Waals surface area contributed by atoms with E-state index in [2.05, 4.69) is 4.72 Å². The Hall–Kier alpha value is -2.26. The van der Waals surface area contributed by atoms with Gasteiger partial charge in [-0.05, 0) is 73.9 Å². The zero-order valence-electron chi connectivity index (χ0n) is 19.0. The number of halogens is 4. The maximum atomic E-state index is 14.6. The fraction of sp³-hybridized carbons (Fsp3) is 0.480. The second kappa shape index (κ2) is 10.6. The number of nitrogens with one attached hydrogen (secondary N) is 1. The maximum absolute atomic E-state index is 14.6. The molecule has 1 heterocycles. The van der Waals surface area contributed by atoms with Gasteiger partial charge in [0.25, 0.3) is 5.91 Å². The molecule has 0 bridgehead atoms. The quantitative estimate of drug-likeness (QED) is 0.358. The summed E-state index contributed by atoms with van der Waals surface area (Å²) < 4.78 is 63.0. The summed E-state index contributed by atoms with van der Waals surface area (Å²) in [4.78, 5) is 14.2. The Morgan fingerprint density at radius 1 is 1.15 bits per heavy atom. The SMILES string of the molecule is CSNC(=O)c1cc(C2CC2)c(OCC2CCN(Cc3ccccc3C(F)(F)F)CC2)cc1F. The van der Waals surface area contributed by atoms with E-state index in [0.29, 0.717) is 31.0 Å². The number of benzene rings is 2. The summed E-state index contributed by atoms with van der Waals surface area (Å²) in [6, 6.07) is 8.63. The van der Waals surface area contributed by atoms with Crippen LogP contribution in [-0.4, -0.2) is 36.8 Å². The van der Waals surface area contributed by atoms with Crippen LogP contribution in [0.1, 0.15) is 58.6 Å². The van der Waals surface area contributed by atoms with Gasteiger partial charge < -0.3 is 4.74 Å². The third-order valence-electron chi connectivity index (χ3n) is 6.45. The lowest BCUT2D eigenvalue weighted by Gasteiger charge is -2.32. The van der Waals surface area contributed by atoms with E-state index in [9.17, 15) is 22.4 Å². The monoisotopic (exact) mass is 496 g/mol. The molecule has 2 aromatic carbocycles. The number of likely N-dealkylation sites (tertiary alicyclic amines) is 1. The summed E-state index contributed by atoms with van der Waals surface area (Å²) >= 11 is 1.12. The first-order valence-corrected chi connectivity index (χ1v) is 12.7. The number of carbonyl (C=O) groups excluding carboxylic acids is 1. The predicted octanol–water partition coefficient (Wildman–Crippen LogP) is 6.02. The Morgan fingerprint density at radius 2 is 1.85 bits per heavy atom. The molecule has 2 aromatic rings. The molecule has 0 unspecified atom stereocenters. The molecule has 34 heavy (non-hydrogen) atoms. The van der Waals surface area contributed by atoms with Crippen LogP contribution >= 0.6 is 11.9 Å². The van der Waals surface area contributed by atoms with Crippen LogP contribution in [-0.2, 0) is 12.7 Å². The normalized spacial score (nSPS) is 17.6. The Morgan fingerprint density at radius 3 is 2.50 bits per heavy atom. The van der Waals surface area contributed by atoms with Crippen LogP contribution in [0.5, 0.6) is 5.75 Å². The third kappa shape index (κ3) is 6.05. The van der Waals surface area contributed by atoms with Crippen molar-refractivity contribution in [2.24, 2.45) is 5.92 Å². The number of hydrogen-bond donors (Lipinski definition) is 1. The summed E-state index contributed by atoms with van der Waals surface area (Å²) in [6.07, 6.45) is 0.915. The first-order valence-electron chi connectivity index (χ1n) is 11.4. The van der Waals surface area contributed by atoms with E-state index in [4.69, 9.17) is 4.74 Å². The molecule has 0 radical (unpaired) electrons. The highest BCUT2D eigenvalue weighted by molar-refractivity contribution is 7.97. The number of alkyl halides is 3. The van der Waals surface area contributed by atoms with Gasteiger partial charge in [-0.2, -0.15) is 13.2 Å². The summed E-state index contributed by atoms with van der Waals surface area (Å²) in [7, 11) is 0. The van der Waals surface area contributed by atoms with E-state index < -0.39 is 23.5 Å². The van der Waals surface area contributed by atoms with Gasteiger partial charge >= 0.3 is 6.18 Å². The first-order chi connectivity index (χ1) is 16.3. The maximum Gasteiger partial charge on any atom is 0.416 e. The van der Waals surface area contributed by atoms with E-state index >= 15 is 0 Å². The molecule has 4 rings (SSSR count). The average Bonchev–Trinajstić information content (AvgIpc) is 3.64. The topological polar surface area (TPSA) is 41.6 Å². The summed E-state index contributed by atoms with van der Waals surface area (Å²) in [5, 5.41) is 0. The van der Waals surface area contributed by atoms with Crippen molar-refractivity contribution in [2.75, 3.05) is 26.0 Å². The lowest BCUT2D eigenvalue weighted by Crippen LogP contribution is -2.35. The lowest BCUT2D eigenvalue weighted by molar-refractivity contribution is -0.138. The van der Waals surface area contributed by atoms with Crippen molar-refractivity contribution < 1.29 is 27.1 Å². The van der Waals surface area contributed by atoms with Gasteiger partial charge in [-0.15, -0.1) is 0 Å². The van der Waals surface area contributed by atoms with Crippen molar-refractivity contribution in [3.05, 3.63) is 64.5 Å². The van der Waals surface area contributed by atoms with E-state index in [-0.39, 0.29) is 23.9 Å². The minimum atomic E-state index is -4.36. The molecule has 1 aliphatic carbocycles. The van der Waals surface area contributed by atoms with Crippen molar-refractivity contribution in [1.82, 2.24) is 9.62 Å². The Labute approximate surface area is 201 Å². The van der Waals surface area contributed by atoms with Crippen molar-refractivity contribution in [3.63, 3.8) is 0 Å². The largest absolute Gasteiger partial charge is 0.493 e. The molecule has 9 heteroatoms. The molecule has 2 aliphatic rings. The minimum absolute atomic E-state index is 0.0241. The van der Waals surface area contributed by atoms with Gasteiger partial charge in [0.05, 0.1) is 17.7 Å². The molecule has 0 aromatic heterocycles. The van der Waals surface area contributed by atoms with Gasteiger partial charge in [-0.3, -0.25) is 14.4 Å². The zero-order valence-corrected chi connectivity index (χ0v) is 19.8. The first kappa shape index (κ1) is 24.9. The van der Waals surface area contributed by atoms with Gasteiger partial charge in [0.2, 0.25) is 0 Å². The van der Waals surface area contributed by atoms with E-state index in [1.807, 2.05) is 4.90 Å². The van der Waals surface area contributed by atoms with Crippen molar-refractivity contribution in [3.8, 4) is 5.75 Å². The van der Waals surface area contributed by atoms with Crippen molar-refractivity contribution in [2.45, 2.75) is 44.3 Å². The second-order valence-corrected chi connectivity index (χ2v) is 9.58. The van der Waals surface area contributed by atoms with E-state index in [0.717, 1.165) is 49.3 Å². The molecule has 2 fully saturated rings. The lowest BCUT2D eigenvalue weighted by atomic mass is 9.96. The standard InChI is InChI=1S/C25H28F4N2O2S/c1-34-30-24(32)20-12-19(17-6-7-17)23(13-22(20)26)33-15-16-8-10-31(11-9-16)14-18-4-2-3-5-21(18)25(27,28)29/h2-5,12-13,16-17H,6-11,14-15H2,1H3,(H,30,32). The van der Waals surface area contributed by atoms with Gasteiger partial charge in [-0.1, -0.05) is 30.1 Å². The molecule has 1 amide bonds. The second-order valence-electron chi connectivity index (χ2n) is 8.96. The van der Waals surface area contributed by atoms with Crippen LogP contribution in [0, 0.1) is 11.7 Å². The molecule has 4 nitrogen and oxygen atoms in total. The summed E-state index contributed by atoms with van der Waals surface area (Å²) in [6.45, 7) is 2.04. The minimum Gasteiger partial charge on any atom is -0.493 e. The predicted molar refractivity (Wildman–Crippen MR) is 124 cm³/mol. The van der Waals surface area contributed by atoms with E-state index in [1.54, 1.807) is 18.4 Å². The van der Waals surface area contributed by atoms with Gasteiger partial charge in [0.15, 0.2) is 0 Å². The fourth-order valence-corrected chi connectivity index (χ4v) is 4.72. The number of rotatable bonds is 8. The van der Waals surface area contributed by atoms with Gasteiger partial charge in [0, 0.05) is 18.9 Å². The Balaban J connectivity index is 1.34. The Bertz CT molecular complexity index is 1020. The molecule has 0 atom stereocenters. The van der Waals surface area contributed by atoms with Crippen molar-refractivity contribution in [1.29, 1.82) is 0 Å². The van der Waals surface area contributed by atoms with Crippen LogP contribution in [0.15, 0.2) is 36.4 Å². The van der Waals surface area contributed by atoms with Gasteiger partial charge in [0.1, 0.15) is 11.6 Å². The van der Waals surface area contributed by atoms with Gasteiger partial charge in [-0.25, -0.2) is 4.39 Å². The molecular weight excluding hydrogens is 468 g/mol. The highest BCUT2D eigenvalue weighted by atomic mass is 32.2. The number of amides is 1. The molecule has 1 N–H and O–H groups in total. The summed E-state index contributed by atoms with van der Waals surface area (Å²) in [5.74, 6) is -0.0556. The van der Waals surface area contributed by atoms with Crippen LogP contribution in [0.25, 0.3) is 0 Å². The molecular formula is C25H28F4N2O2S. The highest BCUT2D eigenvalue weighted by Crippen LogP contribution is 2.45. The molecule has 1 aliphatic heterocycles. The molecule has 1 saturated carbocycles. The number of nitrogens with zero attached hydrogens (tertiary/aromatic N) is 1. The molecule has 1 saturated heterocycles. The van der Waals surface area contributed by atoms with Crippen LogP contribution < -0.4 is 9.46 Å². The zero-order chi connectivity index (χ0) is 24.3. The molecule has 0 spiro atoms. The van der Waals surface area contributed by atoms with Crippen molar-refractivity contribution >= 4 is 17.9 Å². The third-order valence-corrected chi connectivity index (χ3v) is 6.84. The van der Waals surface area contributed by atoms with Crippen LogP contribution in [0.3, 0.4) is 0 Å². The summed E-state index contributed by atoms with van der Waals surface area (Å²) in [5.41, 5.74) is 0.606. The highest BCUT2D eigenvalue weighted by Gasteiger charge is 2.34. The van der Waals surface area contributed by atoms with Crippen LogP contribution in [0.4, 0.5) is 17.6 Å². The van der Waals surface area contributed by atoms with E-state index in [1.165, 1.54) is 18.2 Å². The number of hydrogen-bond acceptors (Lipinski definition) is 4. The average molecular weight is 497 g/mol. The van der Waals surface area contributed by atoms with Crippen LogP contribution in [0.2, 0.25) is 0 Å². The molecule has 184 valence electrons. The Kier molecular flexibility index (Phi) is 7.72.